The monoisotopic (exact) mass is 584 g/mol. The standard InChI is InChI=1S/C6H18OSi2.C4H10.C3H10ClSi.2C3H10OSi.ClH2.2H2O/c1-8(2,3)7-9(4,5)6;1-4(2)3;3*1-5(2,3)4;;;/h1-6H3;4H,1-3H3;3*4H,1-3H3;3*1H2/q;;+1;;;+1;;/p+2. The van der Waals surface area contributed by atoms with Crippen molar-refractivity contribution < 1.29 is 48.1 Å². The van der Waals surface area contributed by atoms with Gasteiger partial charge in [-0.1, -0.05) is 20.8 Å². The Morgan fingerprint density at radius 2 is 0.742 bits per heavy atom. The molecule has 0 heterocycles. The molecule has 12 heteroatoms. The van der Waals surface area contributed by atoms with E-state index in [2.05, 4.69) is 79.7 Å². The highest BCUT2D eigenvalue weighted by Gasteiger charge is 2.24. The van der Waals surface area contributed by atoms with E-state index in [4.69, 9.17) is 24.8 Å². The van der Waals surface area contributed by atoms with Gasteiger partial charge in [0.25, 0.3) is 0 Å². The summed E-state index contributed by atoms with van der Waals surface area (Å²) in [7, 11) is -6.46. The lowest BCUT2D eigenvalue weighted by Gasteiger charge is -2.27. The van der Waals surface area contributed by atoms with Crippen molar-refractivity contribution in [3.8, 4) is 0 Å². The molecule has 0 saturated heterocycles. The highest BCUT2D eigenvalue weighted by Crippen LogP contribution is 2.12. The molecule has 0 aliphatic heterocycles. The summed E-state index contributed by atoms with van der Waals surface area (Å²) in [6.45, 7) is 38.0. The van der Waals surface area contributed by atoms with Crippen molar-refractivity contribution in [2.24, 2.45) is 5.92 Å². The molecule has 0 amide bonds. The van der Waals surface area contributed by atoms with Crippen molar-refractivity contribution >= 4 is 40.7 Å². The SMILES string of the molecule is CC(C)C.C[Si](C)(C)O.C[Si](C)(C)O[Si](C)(C)C.C[Si](C)(C)[ClH+].C[Si](C)(C)[OH2+].O.[ClH2+].[OH3+]. The minimum absolute atomic E-state index is 0. The Kier molecular flexibility index (Phi) is 40.2. The van der Waals surface area contributed by atoms with E-state index in [0.29, 0.717) is 0 Å². The van der Waals surface area contributed by atoms with E-state index < -0.39 is 40.7 Å². The fourth-order valence-corrected chi connectivity index (χ4v) is 8.27. The van der Waals surface area contributed by atoms with Crippen LogP contribution < -0.4 is 0 Å². The van der Waals surface area contributed by atoms with Gasteiger partial charge in [-0.3, -0.25) is 0 Å². The van der Waals surface area contributed by atoms with Gasteiger partial charge in [0.15, 0.2) is 25.0 Å². The summed E-state index contributed by atoms with van der Waals surface area (Å²) in [5.41, 5.74) is 0. The predicted octanol–water partition coefficient (Wildman–Crippen LogP) is 4.52. The molecule has 0 spiro atoms. The van der Waals surface area contributed by atoms with Crippen molar-refractivity contribution in [1.82, 2.24) is 0 Å². The van der Waals surface area contributed by atoms with Crippen molar-refractivity contribution in [3.63, 3.8) is 0 Å². The first-order chi connectivity index (χ1) is 11.4. The second kappa shape index (κ2) is 23.2. The maximum Gasteiger partial charge on any atom is 0.374 e. The van der Waals surface area contributed by atoms with Gasteiger partial charge in [0, 0.05) is 30.7 Å². The van der Waals surface area contributed by atoms with E-state index in [-0.39, 0.29) is 23.4 Å². The van der Waals surface area contributed by atoms with E-state index in [1.807, 2.05) is 39.3 Å². The Labute approximate surface area is 213 Å². The van der Waals surface area contributed by atoms with Crippen molar-refractivity contribution in [2.75, 3.05) is 0 Å². The zero-order valence-corrected chi connectivity index (χ0v) is 31.1. The quantitative estimate of drug-likeness (QED) is 0.291. The molecule has 0 aromatic heterocycles. The fraction of sp³-hybridized carbons (Fsp3) is 1.00. The Hall–Kier alpha value is 1.46. The van der Waals surface area contributed by atoms with E-state index in [9.17, 15) is 0 Å². The highest BCUT2D eigenvalue weighted by molar-refractivity contribution is 6.83. The first-order valence-corrected chi connectivity index (χ1v) is 28.7. The fourth-order valence-electron chi connectivity index (χ4n) is 0.919. The third kappa shape index (κ3) is 490. The number of hydrogen-bond donors (Lipinski definition) is 1. The van der Waals surface area contributed by atoms with Gasteiger partial charge in [0.05, 0.1) is 12.4 Å². The van der Waals surface area contributed by atoms with Gasteiger partial charge in [-0.15, -0.1) is 0 Å². The molecule has 202 valence electrons. The Morgan fingerprint density at radius 1 is 0.677 bits per heavy atom. The van der Waals surface area contributed by atoms with Gasteiger partial charge in [-0.25, -0.2) is 0 Å². The van der Waals surface area contributed by atoms with Crippen LogP contribution in [0.25, 0.3) is 0 Å². The summed E-state index contributed by atoms with van der Waals surface area (Å²) < 4.78 is 5.90. The molecule has 8 N–H and O–H groups in total. The lowest BCUT2D eigenvalue weighted by molar-refractivity contribution is -0.203. The first kappa shape index (κ1) is 53.7. The zero-order valence-electron chi connectivity index (χ0n) is 24.4. The lowest BCUT2D eigenvalue weighted by atomic mass is 10.3. The highest BCUT2D eigenvalue weighted by atomic mass is 35.6. The van der Waals surface area contributed by atoms with Gasteiger partial charge in [0.2, 0.25) is 0 Å². The summed E-state index contributed by atoms with van der Waals surface area (Å²) in [6.07, 6.45) is 0. The van der Waals surface area contributed by atoms with E-state index in [1.165, 1.54) is 0 Å². The van der Waals surface area contributed by atoms with Crippen molar-refractivity contribution in [3.05, 3.63) is 0 Å². The van der Waals surface area contributed by atoms with E-state index in [0.717, 1.165) is 5.92 Å². The molecule has 0 aromatic carbocycles. The van der Waals surface area contributed by atoms with Crippen LogP contribution in [-0.4, -0.2) is 55.7 Å². The van der Waals surface area contributed by atoms with Gasteiger partial charge >= 0.3 is 15.7 Å². The van der Waals surface area contributed by atoms with Gasteiger partial charge < -0.3 is 24.7 Å². The lowest BCUT2D eigenvalue weighted by Crippen LogP contribution is -2.39. The molecule has 0 unspecified atom stereocenters. The Bertz CT molecular complexity index is 283. The summed E-state index contributed by atoms with van der Waals surface area (Å²) in [6, 6.07) is 0. The van der Waals surface area contributed by atoms with Crippen LogP contribution in [0.4, 0.5) is 0 Å². The average molecular weight is 586 g/mol. The number of rotatable bonds is 2. The molecule has 0 rings (SSSR count). The van der Waals surface area contributed by atoms with Crippen LogP contribution in [0.2, 0.25) is 98.2 Å². The van der Waals surface area contributed by atoms with Gasteiger partial charge in [-0.05, 0) is 84.5 Å². The van der Waals surface area contributed by atoms with Crippen molar-refractivity contribution in [1.29, 1.82) is 0 Å². The summed E-state index contributed by atoms with van der Waals surface area (Å²) >= 11 is 4.97. The van der Waals surface area contributed by atoms with Crippen LogP contribution >= 0.6 is 0 Å². The second-order valence-electron chi connectivity index (χ2n) is 12.6. The molecule has 31 heavy (non-hydrogen) atoms. The zero-order chi connectivity index (χ0) is 24.8. The molecule has 5 nitrogen and oxygen atoms in total. The summed E-state index contributed by atoms with van der Waals surface area (Å²) in [4.78, 5) is 15.7. The smallest absolute Gasteiger partial charge is 0.374 e. The Balaban J connectivity index is -0.0000000359. The van der Waals surface area contributed by atoms with E-state index in [1.54, 1.807) is 0 Å². The third-order valence-corrected chi connectivity index (χ3v) is 5.51. The molecule has 0 aliphatic carbocycles. The molecular weight excluding hydrogens is 520 g/mol. The van der Waals surface area contributed by atoms with Crippen LogP contribution in [-0.2, 0) is 9.59 Å². The van der Waals surface area contributed by atoms with E-state index >= 15 is 0 Å². The summed E-state index contributed by atoms with van der Waals surface area (Å²) in [5.74, 6) is 0.833. The molecule has 0 fully saturated rings. The van der Waals surface area contributed by atoms with Crippen LogP contribution in [0.5, 0.6) is 0 Å². The third-order valence-electron chi connectivity index (χ3n) is 0.612. The molecule has 0 aliphatic rings. The molecule has 0 aromatic rings. The van der Waals surface area contributed by atoms with Crippen LogP contribution in [0.3, 0.4) is 0 Å². The minimum atomic E-state index is -1.61. The number of halogens is 2. The molecular formula is C19H66Cl2O5Si5+4. The van der Waals surface area contributed by atoms with Gasteiger partial charge in [-0.2, -0.15) is 0 Å². The largest absolute Gasteiger partial charge is 0.542 e. The average Bonchev–Trinajstić information content (AvgIpc) is 1.97. The predicted molar refractivity (Wildman–Crippen MR) is 157 cm³/mol. The molecule has 0 radical (unpaired) electrons. The maximum absolute atomic E-state index is 8.66. The summed E-state index contributed by atoms with van der Waals surface area (Å²) in [5, 5.41) is 0. The topological polar surface area (TPSA) is 117 Å². The molecule has 0 bridgehead atoms. The van der Waals surface area contributed by atoms with Crippen LogP contribution in [0.15, 0.2) is 0 Å². The molecule has 0 saturated carbocycles. The molecule has 0 atom stereocenters. The van der Waals surface area contributed by atoms with Gasteiger partial charge in [0.1, 0.15) is 0 Å². The number of hydrogen-bond acceptors (Lipinski definition) is 2. The van der Waals surface area contributed by atoms with Crippen LogP contribution in [0.1, 0.15) is 20.8 Å². The minimum Gasteiger partial charge on any atom is -0.542 e. The second-order valence-corrected chi connectivity index (χ2v) is 38.6. The first-order valence-electron chi connectivity index (χ1n) is 10.3. The maximum atomic E-state index is 8.66. The Morgan fingerprint density at radius 3 is 0.742 bits per heavy atom. The van der Waals surface area contributed by atoms with Crippen molar-refractivity contribution in [2.45, 2.75) is 119 Å². The van der Waals surface area contributed by atoms with Crippen LogP contribution in [0, 0.1) is 29.4 Å². The normalized spacial score (nSPS) is 11.0.